The lowest BCUT2D eigenvalue weighted by Gasteiger charge is -2.08. The zero-order valence-electron chi connectivity index (χ0n) is 18.1. The number of nitrogens with zero attached hydrogens (tertiary/aromatic N) is 1. The second kappa shape index (κ2) is 8.37. The van der Waals surface area contributed by atoms with Crippen molar-refractivity contribution in [2.24, 2.45) is 0 Å². The second-order valence-electron chi connectivity index (χ2n) is 7.97. The van der Waals surface area contributed by atoms with Crippen LogP contribution in [-0.4, -0.2) is 4.98 Å². The van der Waals surface area contributed by atoms with Crippen LogP contribution in [0.3, 0.4) is 0 Å². The van der Waals surface area contributed by atoms with Crippen molar-refractivity contribution in [2.45, 2.75) is 6.61 Å². The molecule has 0 aliphatic carbocycles. The Morgan fingerprint density at radius 1 is 0.706 bits per heavy atom. The van der Waals surface area contributed by atoms with Gasteiger partial charge in [-0.3, -0.25) is 0 Å². The fourth-order valence-electron chi connectivity index (χ4n) is 4.00. The van der Waals surface area contributed by atoms with Crippen molar-refractivity contribution in [3.63, 3.8) is 0 Å². The Hall–Kier alpha value is -4.64. The first-order valence-corrected chi connectivity index (χ1v) is 10.9. The molecule has 6 aromatic rings. The molecular formula is C29H19NO4. The van der Waals surface area contributed by atoms with Crippen molar-refractivity contribution in [2.75, 3.05) is 0 Å². The van der Waals surface area contributed by atoms with Crippen LogP contribution < -0.4 is 10.4 Å². The highest BCUT2D eigenvalue weighted by molar-refractivity contribution is 6.04. The van der Waals surface area contributed by atoms with Gasteiger partial charge < -0.3 is 13.6 Å². The van der Waals surface area contributed by atoms with E-state index in [9.17, 15) is 4.79 Å². The quantitative estimate of drug-likeness (QED) is 0.215. The van der Waals surface area contributed by atoms with Crippen LogP contribution in [0.2, 0.25) is 0 Å². The van der Waals surface area contributed by atoms with Crippen molar-refractivity contribution in [1.82, 2.24) is 4.98 Å². The van der Waals surface area contributed by atoms with Crippen LogP contribution in [0.4, 0.5) is 0 Å². The van der Waals surface area contributed by atoms with Gasteiger partial charge in [0.25, 0.3) is 0 Å². The Bertz CT molecular complexity index is 1660. The smallest absolute Gasteiger partial charge is 0.344 e. The summed E-state index contributed by atoms with van der Waals surface area (Å²) in [5, 5.41) is 2.33. The first kappa shape index (κ1) is 20.0. The van der Waals surface area contributed by atoms with Gasteiger partial charge in [-0.15, -0.1) is 0 Å². The molecule has 0 saturated carbocycles. The topological polar surface area (TPSA) is 65.5 Å². The highest BCUT2D eigenvalue weighted by Crippen LogP contribution is 2.28. The molecule has 0 bridgehead atoms. The number of hydrogen-bond acceptors (Lipinski definition) is 5. The van der Waals surface area contributed by atoms with Crippen LogP contribution in [0.5, 0.6) is 5.75 Å². The molecule has 0 N–H and O–H groups in total. The van der Waals surface area contributed by atoms with E-state index in [1.807, 2.05) is 84.9 Å². The molecule has 2 heterocycles. The van der Waals surface area contributed by atoms with Crippen molar-refractivity contribution in [3.8, 4) is 28.5 Å². The maximum atomic E-state index is 12.3. The van der Waals surface area contributed by atoms with E-state index in [1.165, 1.54) is 0 Å². The van der Waals surface area contributed by atoms with Gasteiger partial charge in [-0.1, -0.05) is 60.7 Å². The average Bonchev–Trinajstić information content (AvgIpc) is 3.39. The molecule has 5 nitrogen and oxygen atoms in total. The third-order valence-corrected chi connectivity index (χ3v) is 5.76. The molecule has 5 heteroatoms. The Morgan fingerprint density at radius 2 is 1.47 bits per heavy atom. The van der Waals surface area contributed by atoms with Crippen molar-refractivity contribution in [1.29, 1.82) is 0 Å². The molecule has 34 heavy (non-hydrogen) atoms. The maximum Gasteiger partial charge on any atom is 0.344 e. The molecule has 164 valence electrons. The van der Waals surface area contributed by atoms with Gasteiger partial charge in [0, 0.05) is 22.6 Å². The maximum absolute atomic E-state index is 12.3. The minimum Gasteiger partial charge on any atom is -0.489 e. The zero-order valence-corrected chi connectivity index (χ0v) is 18.1. The summed E-state index contributed by atoms with van der Waals surface area (Å²) < 4.78 is 17.4. The second-order valence-corrected chi connectivity index (χ2v) is 7.97. The van der Waals surface area contributed by atoms with Crippen LogP contribution in [0.15, 0.2) is 117 Å². The van der Waals surface area contributed by atoms with E-state index >= 15 is 0 Å². The Morgan fingerprint density at radius 3 is 2.29 bits per heavy atom. The summed E-state index contributed by atoms with van der Waals surface area (Å²) in [4.78, 5) is 16.7. The zero-order chi connectivity index (χ0) is 22.9. The number of benzene rings is 4. The van der Waals surface area contributed by atoms with E-state index in [1.54, 1.807) is 18.3 Å². The minimum absolute atomic E-state index is 0.348. The number of ether oxygens (including phenoxy) is 1. The molecule has 0 spiro atoms. The van der Waals surface area contributed by atoms with Gasteiger partial charge in [-0.25, -0.2) is 9.78 Å². The van der Waals surface area contributed by atoms with Crippen LogP contribution >= 0.6 is 0 Å². The predicted molar refractivity (Wildman–Crippen MR) is 132 cm³/mol. The predicted octanol–water partition coefficient (Wildman–Crippen LogP) is 6.85. The van der Waals surface area contributed by atoms with E-state index in [0.29, 0.717) is 35.0 Å². The highest BCUT2D eigenvalue weighted by Gasteiger charge is 2.10. The van der Waals surface area contributed by atoms with Gasteiger partial charge in [0.2, 0.25) is 5.89 Å². The lowest BCUT2D eigenvalue weighted by atomic mass is 10.1. The van der Waals surface area contributed by atoms with Gasteiger partial charge in [0.05, 0.1) is 11.6 Å². The van der Waals surface area contributed by atoms with Crippen molar-refractivity contribution < 1.29 is 13.6 Å². The van der Waals surface area contributed by atoms with Crippen molar-refractivity contribution in [3.05, 3.63) is 119 Å². The monoisotopic (exact) mass is 445 g/mol. The lowest BCUT2D eigenvalue weighted by molar-refractivity contribution is 0.306. The standard InChI is InChI=1S/C29H19NO4/c31-29-25-9-5-4-8-23(25)24-15-14-22(16-26(24)34-29)32-18-19-10-12-20(13-11-19)27-17-30-28(33-27)21-6-2-1-3-7-21/h1-17H,18H2. The number of rotatable bonds is 5. The Kier molecular flexibility index (Phi) is 4.92. The lowest BCUT2D eigenvalue weighted by Crippen LogP contribution is -2.00. The molecule has 0 unspecified atom stereocenters. The van der Waals surface area contributed by atoms with Crippen LogP contribution in [0, 0.1) is 0 Å². The molecule has 4 aromatic carbocycles. The molecule has 0 atom stereocenters. The molecule has 0 saturated heterocycles. The number of oxazole rings is 1. The first-order chi connectivity index (χ1) is 16.7. The van der Waals surface area contributed by atoms with Gasteiger partial charge in [-0.2, -0.15) is 0 Å². The summed E-state index contributed by atoms with van der Waals surface area (Å²) in [6, 6.07) is 30.8. The fraction of sp³-hybridized carbons (Fsp3) is 0.0345. The van der Waals surface area contributed by atoms with Gasteiger partial charge in [-0.05, 0) is 41.3 Å². The molecule has 0 amide bonds. The molecule has 0 fully saturated rings. The Balaban J connectivity index is 1.19. The molecule has 6 rings (SSSR count). The van der Waals surface area contributed by atoms with E-state index in [2.05, 4.69) is 4.98 Å². The third-order valence-electron chi connectivity index (χ3n) is 5.76. The first-order valence-electron chi connectivity index (χ1n) is 10.9. The SMILES string of the molecule is O=c1oc2cc(OCc3ccc(-c4cnc(-c5ccccc5)o4)cc3)ccc2c2ccccc12. The fourth-order valence-corrected chi connectivity index (χ4v) is 4.00. The van der Waals surface area contributed by atoms with Crippen LogP contribution in [0.1, 0.15) is 5.56 Å². The number of aromatic nitrogens is 1. The molecule has 2 aromatic heterocycles. The minimum atomic E-state index is -0.348. The van der Waals surface area contributed by atoms with Gasteiger partial charge >= 0.3 is 5.63 Å². The largest absolute Gasteiger partial charge is 0.489 e. The molecule has 0 aliphatic heterocycles. The van der Waals surface area contributed by atoms with E-state index < -0.39 is 0 Å². The summed E-state index contributed by atoms with van der Waals surface area (Å²) in [6.45, 7) is 0.384. The molecular weight excluding hydrogens is 426 g/mol. The highest BCUT2D eigenvalue weighted by atomic mass is 16.5. The Labute approximate surface area is 194 Å². The summed E-state index contributed by atoms with van der Waals surface area (Å²) in [5.41, 5.74) is 3.05. The summed E-state index contributed by atoms with van der Waals surface area (Å²) in [5.74, 6) is 1.94. The normalized spacial score (nSPS) is 11.2. The van der Waals surface area contributed by atoms with Crippen LogP contribution in [-0.2, 0) is 6.61 Å². The summed E-state index contributed by atoms with van der Waals surface area (Å²) in [6.07, 6.45) is 1.74. The summed E-state index contributed by atoms with van der Waals surface area (Å²) >= 11 is 0. The van der Waals surface area contributed by atoms with Gasteiger partial charge in [0.15, 0.2) is 5.76 Å². The average molecular weight is 445 g/mol. The molecule has 0 aliphatic rings. The van der Waals surface area contributed by atoms with Crippen molar-refractivity contribution >= 4 is 21.7 Å². The van der Waals surface area contributed by atoms with Gasteiger partial charge in [0.1, 0.15) is 17.9 Å². The third kappa shape index (κ3) is 3.73. The van der Waals surface area contributed by atoms with E-state index in [-0.39, 0.29) is 5.63 Å². The number of fused-ring (bicyclic) bond motifs is 3. The molecule has 0 radical (unpaired) electrons. The van der Waals surface area contributed by atoms with E-state index in [4.69, 9.17) is 13.6 Å². The van der Waals surface area contributed by atoms with Crippen LogP contribution in [0.25, 0.3) is 44.5 Å². The number of hydrogen-bond donors (Lipinski definition) is 0. The summed E-state index contributed by atoms with van der Waals surface area (Å²) in [7, 11) is 0. The van der Waals surface area contributed by atoms with E-state index in [0.717, 1.165) is 27.5 Å².